The molecule has 2 heteroatoms. The first-order valence-corrected chi connectivity index (χ1v) is 9.11. The summed E-state index contributed by atoms with van der Waals surface area (Å²) in [5.41, 5.74) is 16.7. The van der Waals surface area contributed by atoms with Gasteiger partial charge in [0.15, 0.2) is 0 Å². The molecule has 0 aliphatic heterocycles. The van der Waals surface area contributed by atoms with Gasteiger partial charge in [-0.15, -0.1) is 0 Å². The maximum Gasteiger partial charge on any atom is 0.0316 e. The molecule has 0 spiro atoms. The fourth-order valence-electron chi connectivity index (χ4n) is 4.46. The van der Waals surface area contributed by atoms with Crippen molar-refractivity contribution in [1.82, 2.24) is 0 Å². The maximum atomic E-state index is 6.09. The first kappa shape index (κ1) is 16.9. The summed E-state index contributed by atoms with van der Waals surface area (Å²) in [6, 6.07) is 16.9. The molecule has 1 fully saturated rings. The van der Waals surface area contributed by atoms with Gasteiger partial charge in [-0.1, -0.05) is 45.0 Å². The van der Waals surface area contributed by atoms with Crippen LogP contribution in [0.4, 0.5) is 11.4 Å². The molecular weight excluding hydrogens is 292 g/mol. The number of nitrogens with two attached hydrogens (primary N) is 2. The van der Waals surface area contributed by atoms with Crippen LogP contribution in [0, 0.1) is 11.8 Å². The smallest absolute Gasteiger partial charge is 0.0316 e. The molecule has 0 heterocycles. The first-order chi connectivity index (χ1) is 11.4. The number of benzene rings is 2. The van der Waals surface area contributed by atoms with E-state index in [9.17, 15) is 0 Å². The fourth-order valence-corrected chi connectivity index (χ4v) is 4.46. The predicted octanol–water partition coefficient (Wildman–Crippen LogP) is 5.35. The van der Waals surface area contributed by atoms with Crippen LogP contribution in [0.5, 0.6) is 0 Å². The topological polar surface area (TPSA) is 52.0 Å². The van der Waals surface area contributed by atoms with Crippen molar-refractivity contribution in [1.29, 1.82) is 0 Å². The second kappa shape index (κ2) is 6.51. The lowest BCUT2D eigenvalue weighted by Gasteiger charge is -2.46. The van der Waals surface area contributed by atoms with Gasteiger partial charge in [-0.2, -0.15) is 0 Å². The van der Waals surface area contributed by atoms with Gasteiger partial charge in [0.1, 0.15) is 0 Å². The van der Waals surface area contributed by atoms with Crippen LogP contribution in [0.15, 0.2) is 48.5 Å². The summed E-state index contributed by atoms with van der Waals surface area (Å²) < 4.78 is 0. The molecule has 1 saturated carbocycles. The number of nitrogen functional groups attached to an aromatic ring is 2. The molecule has 0 radical (unpaired) electrons. The molecule has 0 saturated heterocycles. The number of rotatable bonds is 3. The molecule has 3 unspecified atom stereocenters. The zero-order chi connectivity index (χ0) is 17.3. The summed E-state index contributed by atoms with van der Waals surface area (Å²) in [6.45, 7) is 7.11. The van der Waals surface area contributed by atoms with Gasteiger partial charge in [0, 0.05) is 11.4 Å². The molecule has 0 amide bonds. The van der Waals surface area contributed by atoms with E-state index in [-0.39, 0.29) is 5.41 Å². The number of hydrogen-bond acceptors (Lipinski definition) is 2. The van der Waals surface area contributed by atoms with E-state index in [1.165, 1.54) is 30.4 Å². The third kappa shape index (κ3) is 3.15. The van der Waals surface area contributed by atoms with Crippen molar-refractivity contribution in [2.75, 3.05) is 11.5 Å². The average Bonchev–Trinajstić information content (AvgIpc) is 2.55. The lowest BCUT2D eigenvalue weighted by atomic mass is 9.58. The minimum absolute atomic E-state index is 0.106. The van der Waals surface area contributed by atoms with Crippen LogP contribution in [-0.2, 0) is 5.41 Å². The van der Waals surface area contributed by atoms with Crippen LogP contribution in [-0.4, -0.2) is 0 Å². The Morgan fingerprint density at radius 3 is 2.29 bits per heavy atom. The number of hydrogen-bond donors (Lipinski definition) is 2. The van der Waals surface area contributed by atoms with Crippen LogP contribution in [0.3, 0.4) is 0 Å². The van der Waals surface area contributed by atoms with E-state index in [1.54, 1.807) is 0 Å². The molecule has 2 nitrogen and oxygen atoms in total. The quantitative estimate of drug-likeness (QED) is 0.748. The van der Waals surface area contributed by atoms with E-state index in [1.807, 2.05) is 12.1 Å². The van der Waals surface area contributed by atoms with Crippen LogP contribution in [0.25, 0.3) is 0 Å². The SMILES string of the molecule is CC(C)C1CCC(C)(c2cccc(N)c2)C(c2cccc(N)c2)C1. The van der Waals surface area contributed by atoms with Gasteiger partial charge in [-0.3, -0.25) is 0 Å². The van der Waals surface area contributed by atoms with Crippen molar-refractivity contribution in [2.45, 2.75) is 51.4 Å². The Hall–Kier alpha value is -1.96. The highest BCUT2D eigenvalue weighted by Crippen LogP contribution is 2.52. The molecule has 1 aliphatic carbocycles. The summed E-state index contributed by atoms with van der Waals surface area (Å²) in [5, 5.41) is 0. The summed E-state index contributed by atoms with van der Waals surface area (Å²) in [6.07, 6.45) is 3.69. The molecule has 0 aromatic heterocycles. The predicted molar refractivity (Wildman–Crippen MR) is 104 cm³/mol. The molecule has 2 aromatic rings. The van der Waals surface area contributed by atoms with E-state index >= 15 is 0 Å². The fraction of sp³-hybridized carbons (Fsp3) is 0.455. The highest BCUT2D eigenvalue weighted by Gasteiger charge is 2.42. The maximum absolute atomic E-state index is 6.09. The Morgan fingerprint density at radius 1 is 1.00 bits per heavy atom. The molecular formula is C22H30N2. The summed E-state index contributed by atoms with van der Waals surface area (Å²) in [7, 11) is 0. The Morgan fingerprint density at radius 2 is 1.67 bits per heavy atom. The van der Waals surface area contributed by atoms with Crippen molar-refractivity contribution in [3.63, 3.8) is 0 Å². The zero-order valence-electron chi connectivity index (χ0n) is 15.1. The largest absolute Gasteiger partial charge is 0.399 e. The highest BCUT2D eigenvalue weighted by molar-refractivity contribution is 5.47. The van der Waals surface area contributed by atoms with Gasteiger partial charge in [0.2, 0.25) is 0 Å². The second-order valence-electron chi connectivity index (χ2n) is 8.04. The van der Waals surface area contributed by atoms with E-state index in [4.69, 9.17) is 11.5 Å². The molecule has 0 bridgehead atoms. The van der Waals surface area contributed by atoms with Crippen LogP contribution >= 0.6 is 0 Å². The van der Waals surface area contributed by atoms with Gasteiger partial charge in [-0.25, -0.2) is 0 Å². The van der Waals surface area contributed by atoms with Crippen molar-refractivity contribution in [3.05, 3.63) is 59.7 Å². The molecule has 3 rings (SSSR count). The lowest BCUT2D eigenvalue weighted by Crippen LogP contribution is -2.38. The highest BCUT2D eigenvalue weighted by atomic mass is 14.6. The van der Waals surface area contributed by atoms with Gasteiger partial charge < -0.3 is 11.5 Å². The van der Waals surface area contributed by atoms with Crippen molar-refractivity contribution >= 4 is 11.4 Å². The van der Waals surface area contributed by atoms with Gasteiger partial charge in [0.25, 0.3) is 0 Å². The molecule has 128 valence electrons. The van der Waals surface area contributed by atoms with E-state index < -0.39 is 0 Å². The van der Waals surface area contributed by atoms with E-state index in [0.717, 1.165) is 23.2 Å². The Balaban J connectivity index is 2.05. The summed E-state index contributed by atoms with van der Waals surface area (Å²) >= 11 is 0. The van der Waals surface area contributed by atoms with E-state index in [2.05, 4.69) is 57.2 Å². The summed E-state index contributed by atoms with van der Waals surface area (Å²) in [5.74, 6) is 1.97. The first-order valence-electron chi connectivity index (χ1n) is 9.11. The van der Waals surface area contributed by atoms with Crippen molar-refractivity contribution in [2.24, 2.45) is 11.8 Å². The van der Waals surface area contributed by atoms with Crippen LogP contribution in [0.2, 0.25) is 0 Å². The van der Waals surface area contributed by atoms with Gasteiger partial charge in [-0.05, 0) is 77.8 Å². The zero-order valence-corrected chi connectivity index (χ0v) is 15.1. The summed E-state index contributed by atoms with van der Waals surface area (Å²) in [4.78, 5) is 0. The van der Waals surface area contributed by atoms with Gasteiger partial charge in [0.05, 0.1) is 0 Å². The molecule has 1 aliphatic rings. The van der Waals surface area contributed by atoms with Crippen LogP contribution < -0.4 is 11.5 Å². The monoisotopic (exact) mass is 322 g/mol. The van der Waals surface area contributed by atoms with Crippen molar-refractivity contribution in [3.8, 4) is 0 Å². The Kier molecular flexibility index (Phi) is 4.58. The Labute approximate surface area is 146 Å². The van der Waals surface area contributed by atoms with Crippen molar-refractivity contribution < 1.29 is 0 Å². The normalized spacial score (nSPS) is 27.3. The van der Waals surface area contributed by atoms with Crippen LogP contribution in [0.1, 0.15) is 57.1 Å². The van der Waals surface area contributed by atoms with Gasteiger partial charge >= 0.3 is 0 Å². The minimum atomic E-state index is 0.106. The molecule has 2 aromatic carbocycles. The number of anilines is 2. The Bertz CT molecular complexity index is 707. The standard InChI is InChI=1S/C22H30N2/c1-15(2)16-10-11-22(3,18-7-5-9-20(24)14-18)21(13-16)17-6-4-8-19(23)12-17/h4-9,12,14-16,21H,10-11,13,23-24H2,1-3H3. The molecule has 3 atom stereocenters. The molecule has 24 heavy (non-hydrogen) atoms. The van der Waals surface area contributed by atoms with E-state index in [0.29, 0.717) is 5.92 Å². The third-order valence-corrected chi connectivity index (χ3v) is 6.14. The lowest BCUT2D eigenvalue weighted by molar-refractivity contribution is 0.173. The second-order valence-corrected chi connectivity index (χ2v) is 8.04. The average molecular weight is 322 g/mol. The molecule has 4 N–H and O–H groups in total. The third-order valence-electron chi connectivity index (χ3n) is 6.14. The minimum Gasteiger partial charge on any atom is -0.399 e.